The van der Waals surface area contributed by atoms with Gasteiger partial charge >= 0.3 is 5.69 Å². The highest BCUT2D eigenvalue weighted by Crippen LogP contribution is 2.18. The van der Waals surface area contributed by atoms with Crippen LogP contribution in [0.25, 0.3) is 15.9 Å². The van der Waals surface area contributed by atoms with Gasteiger partial charge in [0.15, 0.2) is 5.82 Å². The summed E-state index contributed by atoms with van der Waals surface area (Å²) in [6, 6.07) is 5.58. The van der Waals surface area contributed by atoms with Gasteiger partial charge in [-0.05, 0) is 30.5 Å². The maximum atomic E-state index is 14.3. The van der Waals surface area contributed by atoms with Crippen molar-refractivity contribution in [3.8, 4) is 5.69 Å². The Morgan fingerprint density at radius 2 is 2.03 bits per heavy atom. The van der Waals surface area contributed by atoms with Crippen molar-refractivity contribution < 1.29 is 13.6 Å². The predicted octanol–water partition coefficient (Wildman–Crippen LogP) is 2.16. The number of nitrogens with zero attached hydrogens (tertiary/aromatic N) is 3. The molecule has 148 valence electrons. The molecule has 0 spiro atoms. The van der Waals surface area contributed by atoms with E-state index in [2.05, 4.69) is 15.5 Å². The van der Waals surface area contributed by atoms with E-state index in [1.54, 1.807) is 18.4 Å². The molecule has 3 aromatic heterocycles. The van der Waals surface area contributed by atoms with E-state index < -0.39 is 41.0 Å². The monoisotopic (exact) mass is 417 g/mol. The van der Waals surface area contributed by atoms with Crippen molar-refractivity contribution >= 4 is 33.3 Å². The van der Waals surface area contributed by atoms with Crippen LogP contribution in [0.15, 0.2) is 45.3 Å². The van der Waals surface area contributed by atoms with Crippen LogP contribution in [0.1, 0.15) is 5.69 Å². The van der Waals surface area contributed by atoms with Crippen LogP contribution in [0, 0.1) is 18.6 Å². The van der Waals surface area contributed by atoms with Crippen LogP contribution in [0.3, 0.4) is 0 Å². The third-order valence-corrected chi connectivity index (χ3v) is 5.07. The number of hydrogen-bond donors (Lipinski definition) is 2. The fourth-order valence-electron chi connectivity index (χ4n) is 2.92. The Morgan fingerprint density at radius 1 is 1.24 bits per heavy atom. The number of H-pyrrole nitrogens is 1. The second kappa shape index (κ2) is 7.09. The van der Waals surface area contributed by atoms with E-state index in [1.165, 1.54) is 6.07 Å². The highest BCUT2D eigenvalue weighted by Gasteiger charge is 2.20. The Labute approximate surface area is 165 Å². The lowest BCUT2D eigenvalue weighted by atomic mass is 10.3. The van der Waals surface area contributed by atoms with Gasteiger partial charge in [0.2, 0.25) is 5.91 Å². The minimum Gasteiger partial charge on any atom is -0.308 e. The molecule has 3 heterocycles. The number of amides is 1. The Kier molecular flexibility index (Phi) is 4.59. The van der Waals surface area contributed by atoms with Gasteiger partial charge in [-0.1, -0.05) is 0 Å². The average Bonchev–Trinajstić information content (AvgIpc) is 3.31. The number of thiophene rings is 1. The molecular formula is C18H13F2N5O3S. The fourth-order valence-corrected chi connectivity index (χ4v) is 3.74. The van der Waals surface area contributed by atoms with E-state index in [0.29, 0.717) is 4.57 Å². The molecule has 0 bridgehead atoms. The number of fused-ring (bicyclic) bond motifs is 1. The van der Waals surface area contributed by atoms with Gasteiger partial charge in [0, 0.05) is 17.8 Å². The average molecular weight is 417 g/mol. The summed E-state index contributed by atoms with van der Waals surface area (Å²) < 4.78 is 29.6. The number of halogens is 2. The molecule has 0 radical (unpaired) electrons. The van der Waals surface area contributed by atoms with E-state index in [1.807, 2.05) is 0 Å². The third kappa shape index (κ3) is 3.36. The molecule has 4 aromatic rings. The first-order valence-electron chi connectivity index (χ1n) is 8.35. The quantitative estimate of drug-likeness (QED) is 0.531. The summed E-state index contributed by atoms with van der Waals surface area (Å²) in [7, 11) is 0. The van der Waals surface area contributed by atoms with Crippen molar-refractivity contribution in [1.29, 1.82) is 0 Å². The Morgan fingerprint density at radius 3 is 2.76 bits per heavy atom. The van der Waals surface area contributed by atoms with Crippen LogP contribution >= 0.6 is 11.3 Å². The fraction of sp³-hybridized carbons (Fsp3) is 0.111. The van der Waals surface area contributed by atoms with Gasteiger partial charge in [0.1, 0.15) is 22.9 Å². The van der Waals surface area contributed by atoms with Gasteiger partial charge in [-0.2, -0.15) is 5.10 Å². The summed E-state index contributed by atoms with van der Waals surface area (Å²) >= 11 is 1.03. The SMILES string of the molecule is Cc1cc(NC(=O)Cn2c(=O)n(-c3cc(F)ccc3F)c(=O)c3sccc32)n[nH]1. The molecule has 0 saturated carbocycles. The van der Waals surface area contributed by atoms with Crippen LogP contribution < -0.4 is 16.6 Å². The van der Waals surface area contributed by atoms with E-state index in [0.717, 1.165) is 39.8 Å². The van der Waals surface area contributed by atoms with Crippen molar-refractivity contribution in [2.45, 2.75) is 13.5 Å². The lowest BCUT2D eigenvalue weighted by molar-refractivity contribution is -0.116. The third-order valence-electron chi connectivity index (χ3n) is 4.18. The number of benzene rings is 1. The lowest BCUT2D eigenvalue weighted by Crippen LogP contribution is -2.40. The number of aromatic amines is 1. The Hall–Kier alpha value is -3.60. The number of carbonyl (C=O) groups is 1. The Bertz CT molecular complexity index is 1370. The zero-order valence-electron chi connectivity index (χ0n) is 14.9. The van der Waals surface area contributed by atoms with Crippen LogP contribution in [0.4, 0.5) is 14.6 Å². The topological polar surface area (TPSA) is 102 Å². The molecule has 0 saturated heterocycles. The number of hydrogen-bond acceptors (Lipinski definition) is 5. The van der Waals surface area contributed by atoms with Crippen LogP contribution in [-0.2, 0) is 11.3 Å². The summed E-state index contributed by atoms with van der Waals surface area (Å²) in [4.78, 5) is 38.2. The summed E-state index contributed by atoms with van der Waals surface area (Å²) in [6.07, 6.45) is 0. The molecule has 0 atom stereocenters. The first kappa shape index (κ1) is 18.7. The predicted molar refractivity (Wildman–Crippen MR) is 104 cm³/mol. The summed E-state index contributed by atoms with van der Waals surface area (Å²) in [5.41, 5.74) is -1.31. The zero-order valence-corrected chi connectivity index (χ0v) is 15.7. The molecule has 1 amide bonds. The van der Waals surface area contributed by atoms with Crippen molar-refractivity contribution in [3.63, 3.8) is 0 Å². The molecule has 1 aromatic carbocycles. The Balaban J connectivity index is 1.85. The lowest BCUT2D eigenvalue weighted by Gasteiger charge is -2.12. The van der Waals surface area contributed by atoms with Gasteiger partial charge in [-0.25, -0.2) is 18.1 Å². The van der Waals surface area contributed by atoms with Crippen molar-refractivity contribution in [2.75, 3.05) is 5.32 Å². The molecule has 0 aliphatic carbocycles. The van der Waals surface area contributed by atoms with Crippen molar-refractivity contribution in [3.05, 3.63) is 73.9 Å². The molecule has 11 heteroatoms. The van der Waals surface area contributed by atoms with E-state index in [4.69, 9.17) is 0 Å². The maximum Gasteiger partial charge on any atom is 0.336 e. The van der Waals surface area contributed by atoms with Gasteiger partial charge < -0.3 is 5.32 Å². The molecule has 4 rings (SSSR count). The van der Waals surface area contributed by atoms with E-state index in [9.17, 15) is 23.2 Å². The van der Waals surface area contributed by atoms with Gasteiger partial charge in [-0.3, -0.25) is 19.3 Å². The normalized spacial score (nSPS) is 11.1. The minimum absolute atomic E-state index is 0.136. The molecule has 0 fully saturated rings. The number of nitrogens with one attached hydrogen (secondary N) is 2. The van der Waals surface area contributed by atoms with Gasteiger partial charge in [0.25, 0.3) is 5.56 Å². The molecule has 2 N–H and O–H groups in total. The number of aromatic nitrogens is 4. The molecule has 0 aliphatic heterocycles. The van der Waals surface area contributed by atoms with Gasteiger partial charge in [0.05, 0.1) is 11.2 Å². The number of rotatable bonds is 4. The van der Waals surface area contributed by atoms with Crippen molar-refractivity contribution in [1.82, 2.24) is 19.3 Å². The molecule has 8 nitrogen and oxygen atoms in total. The van der Waals surface area contributed by atoms with E-state index >= 15 is 0 Å². The highest BCUT2D eigenvalue weighted by molar-refractivity contribution is 7.17. The minimum atomic E-state index is -0.959. The first-order valence-corrected chi connectivity index (χ1v) is 9.23. The highest BCUT2D eigenvalue weighted by atomic mass is 32.1. The second-order valence-electron chi connectivity index (χ2n) is 6.22. The van der Waals surface area contributed by atoms with Crippen LogP contribution in [0.5, 0.6) is 0 Å². The van der Waals surface area contributed by atoms with Crippen LogP contribution in [0.2, 0.25) is 0 Å². The number of anilines is 1. The van der Waals surface area contributed by atoms with Crippen molar-refractivity contribution in [2.24, 2.45) is 0 Å². The first-order chi connectivity index (χ1) is 13.8. The number of aryl methyl sites for hydroxylation is 1. The largest absolute Gasteiger partial charge is 0.336 e. The molecule has 0 unspecified atom stereocenters. The standard InChI is InChI=1S/C18H13F2N5O3S/c1-9-6-14(23-22-9)21-15(26)8-24-12-4-5-29-16(12)17(27)25(18(24)28)13-7-10(19)2-3-11(13)20/h2-7H,8H2,1H3,(H2,21,22,23,26). The molecule has 0 aliphatic rings. The smallest absolute Gasteiger partial charge is 0.308 e. The maximum absolute atomic E-state index is 14.3. The number of carbonyl (C=O) groups excluding carboxylic acids is 1. The van der Waals surface area contributed by atoms with Crippen LogP contribution in [-0.4, -0.2) is 25.2 Å². The zero-order chi connectivity index (χ0) is 20.7. The van der Waals surface area contributed by atoms with E-state index in [-0.39, 0.29) is 16.0 Å². The van der Waals surface area contributed by atoms with Gasteiger partial charge in [-0.15, -0.1) is 11.3 Å². The molecular weight excluding hydrogens is 404 g/mol. The summed E-state index contributed by atoms with van der Waals surface area (Å²) in [5, 5.41) is 10.7. The molecule has 29 heavy (non-hydrogen) atoms. The second-order valence-corrected chi connectivity index (χ2v) is 7.14. The summed E-state index contributed by atoms with van der Waals surface area (Å²) in [6.45, 7) is 1.31. The summed E-state index contributed by atoms with van der Waals surface area (Å²) in [5.74, 6) is -2.05.